The summed E-state index contributed by atoms with van der Waals surface area (Å²) in [7, 11) is -4.09. The first-order valence-corrected chi connectivity index (χ1v) is 13.0. The first-order chi connectivity index (χ1) is 16.2. The van der Waals surface area contributed by atoms with Crippen LogP contribution in [0.15, 0.2) is 11.1 Å². The van der Waals surface area contributed by atoms with Crippen LogP contribution in [0.5, 0.6) is 0 Å². The highest BCUT2D eigenvalue weighted by Crippen LogP contribution is 2.43. The molecule has 0 amide bonds. The molecule has 0 aliphatic carbocycles. The van der Waals surface area contributed by atoms with Gasteiger partial charge in [-0.25, -0.2) is 15.1 Å². The number of hydrogen-bond acceptors (Lipinski definition) is 13. The average molecular weight is 537 g/mol. The van der Waals surface area contributed by atoms with Crippen molar-refractivity contribution < 1.29 is 38.5 Å². The molecule has 5 unspecified atom stereocenters. The lowest BCUT2D eigenvalue weighted by Crippen LogP contribution is -2.44. The van der Waals surface area contributed by atoms with E-state index >= 15 is 0 Å². The molecule has 0 radical (unpaired) electrons. The lowest BCUT2D eigenvalue weighted by atomic mass is 9.96. The summed E-state index contributed by atoms with van der Waals surface area (Å²) in [4.78, 5) is 34.3. The van der Waals surface area contributed by atoms with Gasteiger partial charge in [-0.2, -0.15) is 4.98 Å². The fraction of sp³-hybridized carbons (Fsp3) is 0.667. The zero-order valence-corrected chi connectivity index (χ0v) is 21.0. The fourth-order valence-corrected chi connectivity index (χ4v) is 4.97. The molecular formula is C18H29N6O9PS. The van der Waals surface area contributed by atoms with Crippen LogP contribution in [0.2, 0.25) is 0 Å². The molecule has 1 saturated heterocycles. The van der Waals surface area contributed by atoms with E-state index in [4.69, 9.17) is 25.0 Å². The number of H-pyrrole nitrogens is 1. The molecule has 1 fully saturated rings. The molecule has 0 bridgehead atoms. The predicted molar refractivity (Wildman–Crippen MR) is 125 cm³/mol. The SMILES string of the molecule is CC(C)(CO)C(=O)SCCOP(N)(=O)OCC1OC(n2cnc3c(=O)[nH]c(N)nc32)C(C)(O)C1O. The van der Waals surface area contributed by atoms with Crippen molar-refractivity contribution in [1.29, 1.82) is 0 Å². The van der Waals surface area contributed by atoms with Crippen LogP contribution in [0.4, 0.5) is 5.95 Å². The maximum Gasteiger partial charge on any atom is 0.402 e. The summed E-state index contributed by atoms with van der Waals surface area (Å²) in [6.45, 7) is 3.47. The number of aromatic amines is 1. The Labute approximate surface area is 203 Å². The van der Waals surface area contributed by atoms with E-state index < -0.39 is 49.4 Å². The molecule has 0 aromatic carbocycles. The van der Waals surface area contributed by atoms with Crippen LogP contribution in [-0.2, 0) is 23.1 Å². The first kappa shape index (κ1) is 27.7. The normalized spacial score (nSPS) is 26.8. The summed E-state index contributed by atoms with van der Waals surface area (Å²) in [5.41, 5.74) is 7.73. The van der Waals surface area contributed by atoms with Crippen LogP contribution in [0.1, 0.15) is 27.0 Å². The van der Waals surface area contributed by atoms with Crippen molar-refractivity contribution in [2.24, 2.45) is 10.9 Å². The second-order valence-electron chi connectivity index (χ2n) is 8.82. The second kappa shape index (κ2) is 10.2. The van der Waals surface area contributed by atoms with Crippen LogP contribution in [0.25, 0.3) is 11.2 Å². The summed E-state index contributed by atoms with van der Waals surface area (Å²) in [6, 6.07) is 0. The van der Waals surface area contributed by atoms with Gasteiger partial charge < -0.3 is 25.8 Å². The lowest BCUT2D eigenvalue weighted by molar-refractivity contribution is -0.119. The minimum Gasteiger partial charge on any atom is -0.395 e. The third-order valence-electron chi connectivity index (χ3n) is 5.41. The zero-order valence-electron chi connectivity index (χ0n) is 19.3. The molecule has 3 rings (SSSR count). The highest BCUT2D eigenvalue weighted by atomic mass is 32.2. The summed E-state index contributed by atoms with van der Waals surface area (Å²) < 4.78 is 29.6. The number of fused-ring (bicyclic) bond motifs is 1. The Morgan fingerprint density at radius 3 is 2.80 bits per heavy atom. The van der Waals surface area contributed by atoms with E-state index in [1.54, 1.807) is 13.8 Å². The van der Waals surface area contributed by atoms with E-state index in [0.717, 1.165) is 11.8 Å². The van der Waals surface area contributed by atoms with E-state index in [2.05, 4.69) is 15.0 Å². The standard InChI is InChI=1S/C18H29N6O9PS/c1-17(2,7-25)15(28)35-5-4-31-34(20,30)32-6-9-11(26)18(3,29)14(33-9)24-8-21-10-12(24)22-16(19)23-13(10)27/h8-9,11,14,25-26,29H,4-7H2,1-3H3,(H2,20,30)(H3,19,22,23,27). The van der Waals surface area contributed by atoms with Gasteiger partial charge in [0.05, 0.1) is 31.6 Å². The van der Waals surface area contributed by atoms with Crippen LogP contribution in [0.3, 0.4) is 0 Å². The summed E-state index contributed by atoms with van der Waals surface area (Å²) in [5.74, 6) is -0.0573. The van der Waals surface area contributed by atoms with E-state index in [9.17, 15) is 29.5 Å². The average Bonchev–Trinajstić information content (AvgIpc) is 3.28. The number of carbonyl (C=O) groups is 1. The third-order valence-corrected chi connectivity index (χ3v) is 7.65. The molecule has 35 heavy (non-hydrogen) atoms. The molecule has 3 heterocycles. The van der Waals surface area contributed by atoms with Crippen LogP contribution in [0, 0.1) is 5.41 Å². The van der Waals surface area contributed by atoms with Crippen molar-refractivity contribution in [2.75, 3.05) is 31.3 Å². The van der Waals surface area contributed by atoms with Gasteiger partial charge in [-0.05, 0) is 20.8 Å². The summed E-state index contributed by atoms with van der Waals surface area (Å²) >= 11 is 0.892. The Kier molecular flexibility index (Phi) is 8.10. The van der Waals surface area contributed by atoms with Crippen molar-refractivity contribution in [2.45, 2.75) is 44.8 Å². The molecule has 196 valence electrons. The van der Waals surface area contributed by atoms with E-state index in [0.29, 0.717) is 0 Å². The summed E-state index contributed by atoms with van der Waals surface area (Å²) in [6.07, 6.45) is -2.75. The number of ether oxygens (including phenoxy) is 1. The van der Waals surface area contributed by atoms with Crippen molar-refractivity contribution in [3.8, 4) is 0 Å². The number of aliphatic hydroxyl groups is 3. The van der Waals surface area contributed by atoms with Gasteiger partial charge in [-0.3, -0.25) is 28.2 Å². The van der Waals surface area contributed by atoms with Gasteiger partial charge >= 0.3 is 7.75 Å². The monoisotopic (exact) mass is 536 g/mol. The molecule has 15 nitrogen and oxygen atoms in total. The van der Waals surface area contributed by atoms with Gasteiger partial charge in [-0.1, -0.05) is 11.8 Å². The van der Waals surface area contributed by atoms with E-state index in [-0.39, 0.29) is 41.2 Å². The number of carbonyl (C=O) groups excluding carboxylic acids is 1. The minimum absolute atomic E-state index is 0.0227. The third kappa shape index (κ3) is 5.93. The smallest absolute Gasteiger partial charge is 0.395 e. The number of nitrogen functional groups attached to an aromatic ring is 1. The Morgan fingerprint density at radius 2 is 2.14 bits per heavy atom. The number of nitrogens with one attached hydrogen (secondary N) is 1. The Bertz CT molecular complexity index is 1180. The number of rotatable bonds is 10. The first-order valence-electron chi connectivity index (χ1n) is 10.4. The Hall–Kier alpha value is -1.88. The molecule has 5 atom stereocenters. The number of aromatic nitrogens is 4. The number of imidazole rings is 1. The predicted octanol–water partition coefficient (Wildman–Crippen LogP) is -0.911. The van der Waals surface area contributed by atoms with E-state index in [1.807, 2.05) is 0 Å². The highest BCUT2D eigenvalue weighted by molar-refractivity contribution is 8.13. The molecule has 8 N–H and O–H groups in total. The van der Waals surface area contributed by atoms with Crippen LogP contribution in [-0.4, -0.2) is 83.3 Å². The van der Waals surface area contributed by atoms with Gasteiger partial charge in [0.15, 0.2) is 22.5 Å². The highest BCUT2D eigenvalue weighted by Gasteiger charge is 2.54. The molecule has 2 aromatic rings. The molecular weight excluding hydrogens is 507 g/mol. The van der Waals surface area contributed by atoms with Gasteiger partial charge in [-0.15, -0.1) is 0 Å². The van der Waals surface area contributed by atoms with Crippen LogP contribution >= 0.6 is 19.5 Å². The van der Waals surface area contributed by atoms with E-state index in [1.165, 1.54) is 17.8 Å². The maximum absolute atomic E-state index is 12.4. The van der Waals surface area contributed by atoms with Crippen LogP contribution < -0.4 is 16.8 Å². The number of nitrogens with zero attached hydrogens (tertiary/aromatic N) is 3. The fourth-order valence-electron chi connectivity index (χ4n) is 3.27. The second-order valence-corrected chi connectivity index (χ2v) is 11.5. The zero-order chi connectivity index (χ0) is 26.2. The van der Waals surface area contributed by atoms with Crippen molar-refractivity contribution in [3.63, 3.8) is 0 Å². The molecule has 2 aromatic heterocycles. The Balaban J connectivity index is 1.61. The molecule has 0 spiro atoms. The van der Waals surface area contributed by atoms with Crippen molar-refractivity contribution in [3.05, 3.63) is 16.7 Å². The maximum atomic E-state index is 12.4. The minimum atomic E-state index is -4.09. The lowest BCUT2D eigenvalue weighted by Gasteiger charge is -2.27. The van der Waals surface area contributed by atoms with Gasteiger partial charge in [0, 0.05) is 5.75 Å². The molecule has 17 heteroatoms. The van der Waals surface area contributed by atoms with Crippen molar-refractivity contribution in [1.82, 2.24) is 19.5 Å². The number of anilines is 1. The quantitative estimate of drug-likeness (QED) is 0.159. The number of hydrogen-bond donors (Lipinski definition) is 6. The Morgan fingerprint density at radius 1 is 1.46 bits per heavy atom. The number of thioether (sulfide) groups is 1. The van der Waals surface area contributed by atoms with Gasteiger partial charge in [0.25, 0.3) is 5.56 Å². The molecule has 1 aliphatic rings. The van der Waals surface area contributed by atoms with Crippen molar-refractivity contribution >= 4 is 41.7 Å². The topological polar surface area (TPSA) is 238 Å². The van der Waals surface area contributed by atoms with Gasteiger partial charge in [0.2, 0.25) is 5.95 Å². The van der Waals surface area contributed by atoms with Gasteiger partial charge in [0.1, 0.15) is 17.8 Å². The number of nitrogens with two attached hydrogens (primary N) is 2. The number of aliphatic hydroxyl groups excluding tert-OH is 2. The summed E-state index contributed by atoms with van der Waals surface area (Å²) in [5, 5.41) is 30.4. The molecule has 1 aliphatic heterocycles. The largest absolute Gasteiger partial charge is 0.402 e. The molecule has 0 saturated carbocycles.